The first-order valence-corrected chi connectivity index (χ1v) is 8.72. The first kappa shape index (κ1) is 17.0. The molecule has 0 radical (unpaired) electrons. The highest BCUT2D eigenvalue weighted by Gasteiger charge is 2.32. The molecule has 2 N–H and O–H groups in total. The number of nitrogens with two attached hydrogens (primary N) is 1. The summed E-state index contributed by atoms with van der Waals surface area (Å²) < 4.78 is 5.72. The van der Waals surface area contributed by atoms with Crippen LogP contribution in [0.1, 0.15) is 32.4 Å². The van der Waals surface area contributed by atoms with E-state index in [1.54, 1.807) is 0 Å². The van der Waals surface area contributed by atoms with Gasteiger partial charge in [-0.15, -0.1) is 0 Å². The SMILES string of the molecule is Cc1cc(N2CCC(C(=O)N3C[C@H](C)O[C@@H](C)C3)CC2)nc(N)n1. The summed E-state index contributed by atoms with van der Waals surface area (Å²) in [6.45, 7) is 9.01. The number of carbonyl (C=O) groups is 1. The zero-order valence-electron chi connectivity index (χ0n) is 14.7. The van der Waals surface area contributed by atoms with Crippen LogP contribution in [-0.4, -0.2) is 59.2 Å². The van der Waals surface area contributed by atoms with E-state index in [0.717, 1.165) is 37.4 Å². The molecule has 24 heavy (non-hydrogen) atoms. The lowest BCUT2D eigenvalue weighted by Gasteiger charge is -2.39. The Balaban J connectivity index is 1.59. The third kappa shape index (κ3) is 3.77. The fraction of sp³-hybridized carbons (Fsp3) is 0.706. The van der Waals surface area contributed by atoms with Crippen molar-refractivity contribution in [2.45, 2.75) is 45.8 Å². The van der Waals surface area contributed by atoms with Crippen LogP contribution in [-0.2, 0) is 9.53 Å². The van der Waals surface area contributed by atoms with Crippen LogP contribution in [0.15, 0.2) is 6.07 Å². The quantitative estimate of drug-likeness (QED) is 0.876. The summed E-state index contributed by atoms with van der Waals surface area (Å²) in [6.07, 6.45) is 1.93. The van der Waals surface area contributed by atoms with E-state index in [9.17, 15) is 4.79 Å². The molecular weight excluding hydrogens is 306 g/mol. The van der Waals surface area contributed by atoms with Gasteiger partial charge in [0.1, 0.15) is 5.82 Å². The standard InChI is InChI=1S/C17H27N5O2/c1-11-8-15(20-17(18)19-11)21-6-4-14(5-7-21)16(23)22-9-12(2)24-13(3)10-22/h8,12-14H,4-7,9-10H2,1-3H3,(H2,18,19,20)/t12-,13-/m0/s1. The summed E-state index contributed by atoms with van der Waals surface area (Å²) in [5.74, 6) is 1.54. The average Bonchev–Trinajstić information content (AvgIpc) is 2.52. The Morgan fingerprint density at radius 1 is 1.21 bits per heavy atom. The molecule has 3 rings (SSSR count). The van der Waals surface area contributed by atoms with Gasteiger partial charge < -0.3 is 20.3 Å². The van der Waals surface area contributed by atoms with Gasteiger partial charge in [0.2, 0.25) is 11.9 Å². The van der Waals surface area contributed by atoms with Crippen molar-refractivity contribution in [3.8, 4) is 0 Å². The molecule has 132 valence electrons. The summed E-state index contributed by atoms with van der Waals surface area (Å²) >= 11 is 0. The van der Waals surface area contributed by atoms with E-state index in [4.69, 9.17) is 10.5 Å². The summed E-state index contributed by atoms with van der Waals surface area (Å²) in [6, 6.07) is 1.95. The van der Waals surface area contributed by atoms with Crippen LogP contribution in [0.3, 0.4) is 0 Å². The van der Waals surface area contributed by atoms with Crippen molar-refractivity contribution in [2.75, 3.05) is 36.8 Å². The molecule has 2 aliphatic heterocycles. The fourth-order valence-electron chi connectivity index (χ4n) is 3.71. The van der Waals surface area contributed by atoms with Crippen molar-refractivity contribution in [3.63, 3.8) is 0 Å². The van der Waals surface area contributed by atoms with Gasteiger partial charge in [0.25, 0.3) is 0 Å². The first-order valence-electron chi connectivity index (χ1n) is 8.72. The normalized spacial score (nSPS) is 25.8. The van der Waals surface area contributed by atoms with E-state index in [1.165, 1.54) is 0 Å². The van der Waals surface area contributed by atoms with Crippen molar-refractivity contribution < 1.29 is 9.53 Å². The second-order valence-corrected chi connectivity index (χ2v) is 6.99. The average molecular weight is 333 g/mol. The van der Waals surface area contributed by atoms with E-state index in [0.29, 0.717) is 19.0 Å². The van der Waals surface area contributed by atoms with E-state index >= 15 is 0 Å². The van der Waals surface area contributed by atoms with Gasteiger partial charge in [-0.1, -0.05) is 0 Å². The molecule has 7 nitrogen and oxygen atoms in total. The molecule has 0 spiro atoms. The Morgan fingerprint density at radius 2 is 1.83 bits per heavy atom. The van der Waals surface area contributed by atoms with E-state index in [2.05, 4.69) is 14.9 Å². The molecule has 2 saturated heterocycles. The Bertz CT molecular complexity index is 570. The zero-order chi connectivity index (χ0) is 17.3. The predicted molar refractivity (Wildman–Crippen MR) is 92.7 cm³/mol. The van der Waals surface area contributed by atoms with E-state index in [1.807, 2.05) is 31.7 Å². The lowest BCUT2D eigenvalue weighted by molar-refractivity contribution is -0.148. The number of amides is 1. The van der Waals surface area contributed by atoms with Crippen LogP contribution in [0.4, 0.5) is 11.8 Å². The molecule has 1 amide bonds. The molecular formula is C17H27N5O2. The van der Waals surface area contributed by atoms with Crippen LogP contribution in [0.2, 0.25) is 0 Å². The highest BCUT2D eigenvalue weighted by atomic mass is 16.5. The maximum atomic E-state index is 12.8. The molecule has 0 aliphatic carbocycles. The number of aromatic nitrogens is 2. The van der Waals surface area contributed by atoms with Gasteiger partial charge in [0.05, 0.1) is 12.2 Å². The summed E-state index contributed by atoms with van der Waals surface area (Å²) in [5.41, 5.74) is 6.61. The van der Waals surface area contributed by atoms with Crippen LogP contribution in [0, 0.1) is 12.8 Å². The number of piperidine rings is 1. The molecule has 2 fully saturated rings. The second-order valence-electron chi connectivity index (χ2n) is 6.99. The topological polar surface area (TPSA) is 84.6 Å². The Kier molecular flexibility index (Phi) is 4.89. The first-order chi connectivity index (χ1) is 11.4. The maximum absolute atomic E-state index is 12.8. The molecule has 0 unspecified atom stereocenters. The third-order valence-corrected chi connectivity index (χ3v) is 4.76. The van der Waals surface area contributed by atoms with Crippen molar-refractivity contribution in [1.29, 1.82) is 0 Å². The number of morpholine rings is 1. The lowest BCUT2D eigenvalue weighted by atomic mass is 9.94. The molecule has 7 heteroatoms. The van der Waals surface area contributed by atoms with Crippen LogP contribution < -0.4 is 10.6 Å². The molecule has 2 aliphatic rings. The molecule has 3 heterocycles. The van der Waals surface area contributed by atoms with Crippen molar-refractivity contribution in [2.24, 2.45) is 5.92 Å². The Hall–Kier alpha value is -1.89. The van der Waals surface area contributed by atoms with Crippen LogP contribution in [0.5, 0.6) is 0 Å². The highest BCUT2D eigenvalue weighted by Crippen LogP contribution is 2.25. The number of carbonyl (C=O) groups excluding carboxylic acids is 1. The summed E-state index contributed by atoms with van der Waals surface area (Å²) in [5, 5.41) is 0. The monoisotopic (exact) mass is 333 g/mol. The molecule has 1 aromatic heterocycles. The number of nitrogens with zero attached hydrogens (tertiary/aromatic N) is 4. The van der Waals surface area contributed by atoms with E-state index < -0.39 is 0 Å². The highest BCUT2D eigenvalue weighted by molar-refractivity contribution is 5.79. The number of anilines is 2. The van der Waals surface area contributed by atoms with Gasteiger partial charge in [0, 0.05) is 43.9 Å². The number of nitrogen functional groups attached to an aromatic ring is 1. The fourth-order valence-corrected chi connectivity index (χ4v) is 3.71. The minimum Gasteiger partial charge on any atom is -0.372 e. The molecule has 1 aromatic rings. The van der Waals surface area contributed by atoms with Crippen molar-refractivity contribution in [3.05, 3.63) is 11.8 Å². The van der Waals surface area contributed by atoms with Gasteiger partial charge in [0.15, 0.2) is 0 Å². The van der Waals surface area contributed by atoms with Gasteiger partial charge in [-0.05, 0) is 33.6 Å². The molecule has 2 atom stereocenters. The number of rotatable bonds is 2. The minimum absolute atomic E-state index is 0.0963. The van der Waals surface area contributed by atoms with Gasteiger partial charge in [-0.3, -0.25) is 4.79 Å². The van der Waals surface area contributed by atoms with E-state index in [-0.39, 0.29) is 24.0 Å². The maximum Gasteiger partial charge on any atom is 0.225 e. The molecule has 0 aromatic carbocycles. The van der Waals surface area contributed by atoms with Crippen molar-refractivity contribution >= 4 is 17.7 Å². The lowest BCUT2D eigenvalue weighted by Crippen LogP contribution is -2.51. The number of aryl methyl sites for hydroxylation is 1. The molecule has 0 saturated carbocycles. The van der Waals surface area contributed by atoms with Crippen LogP contribution >= 0.6 is 0 Å². The van der Waals surface area contributed by atoms with Crippen LogP contribution in [0.25, 0.3) is 0 Å². The number of ether oxygens (including phenoxy) is 1. The van der Waals surface area contributed by atoms with Crippen molar-refractivity contribution in [1.82, 2.24) is 14.9 Å². The number of hydrogen-bond donors (Lipinski definition) is 1. The number of hydrogen-bond acceptors (Lipinski definition) is 6. The molecule has 0 bridgehead atoms. The summed E-state index contributed by atoms with van der Waals surface area (Å²) in [7, 11) is 0. The van der Waals surface area contributed by atoms with Gasteiger partial charge in [-0.25, -0.2) is 4.98 Å². The van der Waals surface area contributed by atoms with Gasteiger partial charge >= 0.3 is 0 Å². The predicted octanol–water partition coefficient (Wildman–Crippen LogP) is 1.22. The Labute approximate surface area is 143 Å². The third-order valence-electron chi connectivity index (χ3n) is 4.76. The Morgan fingerprint density at radius 3 is 2.42 bits per heavy atom. The minimum atomic E-state index is 0.0963. The van der Waals surface area contributed by atoms with Gasteiger partial charge in [-0.2, -0.15) is 4.98 Å². The smallest absolute Gasteiger partial charge is 0.225 e. The second kappa shape index (κ2) is 6.93. The largest absolute Gasteiger partial charge is 0.372 e. The zero-order valence-corrected chi connectivity index (χ0v) is 14.7. The summed E-state index contributed by atoms with van der Waals surface area (Å²) in [4.78, 5) is 25.4.